The summed E-state index contributed by atoms with van der Waals surface area (Å²) in [7, 11) is 0. The lowest BCUT2D eigenvalue weighted by Crippen LogP contribution is -2.22. The Hall–Kier alpha value is -3.25. The van der Waals surface area contributed by atoms with Crippen LogP contribution in [0.3, 0.4) is 0 Å². The van der Waals surface area contributed by atoms with Crippen LogP contribution in [0.1, 0.15) is 22.3 Å². The Morgan fingerprint density at radius 1 is 0.767 bits per heavy atom. The molecule has 0 saturated carbocycles. The van der Waals surface area contributed by atoms with Gasteiger partial charge in [-0.2, -0.15) is 26.3 Å². The van der Waals surface area contributed by atoms with Crippen molar-refractivity contribution in [2.75, 3.05) is 13.2 Å². The van der Waals surface area contributed by atoms with Crippen molar-refractivity contribution in [3.8, 4) is 0 Å². The third-order valence-electron chi connectivity index (χ3n) is 3.76. The smallest absolute Gasteiger partial charge is 0.434 e. The topological polar surface area (TPSA) is 101 Å². The number of alkyl halides is 6. The van der Waals surface area contributed by atoms with Gasteiger partial charge in [0.05, 0.1) is 13.2 Å². The number of carbonyl (C=O) groups excluding carboxylic acids is 1. The highest BCUT2D eigenvalue weighted by Gasteiger charge is 2.34. The number of pyridine rings is 2. The molecule has 0 unspecified atom stereocenters. The summed E-state index contributed by atoms with van der Waals surface area (Å²) in [6.07, 6.45) is -9.07. The minimum atomic E-state index is -4.84. The molecule has 2 aromatic rings. The van der Waals surface area contributed by atoms with Crippen molar-refractivity contribution >= 4 is 6.16 Å². The quantitative estimate of drug-likeness (QED) is 0.531. The first-order chi connectivity index (χ1) is 13.9. The van der Waals surface area contributed by atoms with Crippen LogP contribution in [0.2, 0.25) is 0 Å². The average molecular weight is 440 g/mol. The van der Waals surface area contributed by atoms with E-state index in [2.05, 4.69) is 9.47 Å². The van der Waals surface area contributed by atoms with Crippen LogP contribution in [-0.4, -0.2) is 29.3 Å². The Labute approximate surface area is 163 Å². The summed E-state index contributed by atoms with van der Waals surface area (Å²) < 4.78 is 85.3. The fourth-order valence-corrected chi connectivity index (χ4v) is 2.31. The van der Waals surface area contributed by atoms with Crippen molar-refractivity contribution in [2.24, 2.45) is 0 Å². The number of rotatable bonds is 6. The minimum absolute atomic E-state index is 0.0580. The molecule has 0 bridgehead atoms. The van der Waals surface area contributed by atoms with E-state index in [9.17, 15) is 40.7 Å². The molecule has 0 amide bonds. The van der Waals surface area contributed by atoms with E-state index >= 15 is 0 Å². The summed E-state index contributed by atoms with van der Waals surface area (Å²) in [6, 6.07) is 1.25. The highest BCUT2D eigenvalue weighted by molar-refractivity contribution is 5.59. The zero-order valence-corrected chi connectivity index (χ0v) is 14.9. The molecule has 0 aliphatic carbocycles. The molecule has 0 spiro atoms. The molecule has 0 saturated heterocycles. The average Bonchev–Trinajstić information content (AvgIpc) is 2.62. The molecular weight excluding hydrogens is 426 g/mol. The van der Waals surface area contributed by atoms with Gasteiger partial charge in [0, 0.05) is 25.2 Å². The fourth-order valence-electron chi connectivity index (χ4n) is 2.31. The molecule has 0 radical (unpaired) electrons. The van der Waals surface area contributed by atoms with E-state index in [1.54, 1.807) is 0 Å². The Kier molecular flexibility index (Phi) is 6.95. The highest BCUT2D eigenvalue weighted by atomic mass is 19.4. The predicted molar refractivity (Wildman–Crippen MR) is 88.8 cm³/mol. The van der Waals surface area contributed by atoms with Crippen molar-refractivity contribution in [1.29, 1.82) is 0 Å². The number of hydrogen-bond acceptors (Lipinski definition) is 5. The predicted octanol–water partition coefficient (Wildman–Crippen LogP) is 3.04. The van der Waals surface area contributed by atoms with Crippen LogP contribution in [0.25, 0.3) is 0 Å². The largest absolute Gasteiger partial charge is 0.508 e. The van der Waals surface area contributed by atoms with E-state index in [4.69, 9.17) is 0 Å². The van der Waals surface area contributed by atoms with E-state index in [0.29, 0.717) is 12.1 Å². The first kappa shape index (κ1) is 23.0. The first-order valence-electron chi connectivity index (χ1n) is 8.25. The molecule has 0 atom stereocenters. The standard InChI is InChI=1S/C17H14F6N2O5/c18-16(19,20)11-5-9(7-24-13(11)26)1-3-29-15(28)30-4-2-10-6-12(17(21,22)23)14(27)25-8-10/h5-8H,1-4H2,(H,24,26)(H,25,27). The molecule has 7 nitrogen and oxygen atoms in total. The molecule has 30 heavy (non-hydrogen) atoms. The molecule has 2 heterocycles. The van der Waals surface area contributed by atoms with Gasteiger partial charge in [-0.05, 0) is 23.3 Å². The highest BCUT2D eigenvalue weighted by Crippen LogP contribution is 2.27. The summed E-state index contributed by atoms with van der Waals surface area (Å²) in [5, 5.41) is 0. The third-order valence-corrected chi connectivity index (χ3v) is 3.76. The summed E-state index contributed by atoms with van der Waals surface area (Å²) in [6.45, 7) is -0.724. The zero-order valence-electron chi connectivity index (χ0n) is 14.9. The lowest BCUT2D eigenvalue weighted by Gasteiger charge is -2.09. The van der Waals surface area contributed by atoms with E-state index in [1.165, 1.54) is 0 Å². The molecule has 0 aliphatic heterocycles. The molecule has 0 aromatic carbocycles. The van der Waals surface area contributed by atoms with Crippen molar-refractivity contribution in [2.45, 2.75) is 25.2 Å². The molecule has 2 aromatic heterocycles. The van der Waals surface area contributed by atoms with Gasteiger partial charge in [-0.3, -0.25) is 9.59 Å². The van der Waals surface area contributed by atoms with Gasteiger partial charge in [-0.15, -0.1) is 0 Å². The number of aromatic nitrogens is 2. The van der Waals surface area contributed by atoms with Gasteiger partial charge in [0.2, 0.25) is 0 Å². The number of hydrogen-bond donors (Lipinski definition) is 2. The van der Waals surface area contributed by atoms with Gasteiger partial charge >= 0.3 is 18.5 Å². The fraction of sp³-hybridized carbons (Fsp3) is 0.353. The van der Waals surface area contributed by atoms with Crippen molar-refractivity contribution < 1.29 is 40.6 Å². The Morgan fingerprint density at radius 2 is 1.13 bits per heavy atom. The van der Waals surface area contributed by atoms with Gasteiger partial charge in [0.25, 0.3) is 11.1 Å². The van der Waals surface area contributed by atoms with Gasteiger partial charge in [0.15, 0.2) is 0 Å². The molecule has 2 N–H and O–H groups in total. The van der Waals surface area contributed by atoms with Gasteiger partial charge < -0.3 is 19.4 Å². The van der Waals surface area contributed by atoms with Crippen molar-refractivity contribution in [1.82, 2.24) is 9.97 Å². The van der Waals surface area contributed by atoms with E-state index in [1.807, 2.05) is 9.97 Å². The summed E-state index contributed by atoms with van der Waals surface area (Å²) >= 11 is 0. The molecule has 0 fully saturated rings. The number of halogens is 6. The van der Waals surface area contributed by atoms with Crippen LogP contribution in [-0.2, 0) is 34.7 Å². The molecule has 13 heteroatoms. The second-order valence-corrected chi connectivity index (χ2v) is 5.94. The number of H-pyrrole nitrogens is 2. The number of carbonyl (C=O) groups is 1. The van der Waals surface area contributed by atoms with Crippen LogP contribution in [0.15, 0.2) is 34.1 Å². The van der Waals surface area contributed by atoms with Gasteiger partial charge in [0.1, 0.15) is 11.1 Å². The number of ether oxygens (including phenoxy) is 2. The van der Waals surface area contributed by atoms with Crippen LogP contribution in [0.5, 0.6) is 0 Å². The maximum absolute atomic E-state index is 12.7. The zero-order chi connectivity index (χ0) is 22.5. The second kappa shape index (κ2) is 9.05. The molecule has 164 valence electrons. The number of nitrogens with one attached hydrogen (secondary N) is 2. The van der Waals surface area contributed by atoms with E-state index in [0.717, 1.165) is 12.4 Å². The van der Waals surface area contributed by atoms with E-state index in [-0.39, 0.29) is 37.2 Å². The normalized spacial score (nSPS) is 11.9. The lowest BCUT2D eigenvalue weighted by atomic mass is 10.1. The Bertz CT molecular complexity index is 930. The molecular formula is C17H14F6N2O5. The van der Waals surface area contributed by atoms with E-state index < -0.39 is 40.8 Å². The summed E-state index contributed by atoms with van der Waals surface area (Å²) in [5.41, 5.74) is -5.27. The van der Waals surface area contributed by atoms with Crippen LogP contribution >= 0.6 is 0 Å². The monoisotopic (exact) mass is 440 g/mol. The SMILES string of the molecule is O=C(OCCc1c[nH]c(=O)c(C(F)(F)F)c1)OCCc1c[nH]c(=O)c(C(F)(F)F)c1. The minimum Gasteiger partial charge on any atom is -0.434 e. The Balaban J connectivity index is 1.81. The first-order valence-corrected chi connectivity index (χ1v) is 8.25. The summed E-state index contributed by atoms with van der Waals surface area (Å²) in [4.78, 5) is 37.7. The van der Waals surface area contributed by atoms with Crippen LogP contribution in [0.4, 0.5) is 31.1 Å². The number of aromatic amines is 2. The van der Waals surface area contributed by atoms with Gasteiger partial charge in [-0.25, -0.2) is 4.79 Å². The molecule has 2 rings (SSSR count). The van der Waals surface area contributed by atoms with Crippen molar-refractivity contribution in [3.05, 3.63) is 67.5 Å². The Morgan fingerprint density at radius 3 is 1.47 bits per heavy atom. The summed E-state index contributed by atoms with van der Waals surface area (Å²) in [5.74, 6) is 0. The van der Waals surface area contributed by atoms with Crippen LogP contribution < -0.4 is 11.1 Å². The van der Waals surface area contributed by atoms with Gasteiger partial charge in [-0.1, -0.05) is 0 Å². The van der Waals surface area contributed by atoms with Crippen LogP contribution in [0, 0.1) is 0 Å². The lowest BCUT2D eigenvalue weighted by molar-refractivity contribution is -0.139. The maximum Gasteiger partial charge on any atom is 0.508 e. The third kappa shape index (κ3) is 6.39. The second-order valence-electron chi connectivity index (χ2n) is 5.94. The molecule has 0 aliphatic rings. The van der Waals surface area contributed by atoms with Crippen molar-refractivity contribution in [3.63, 3.8) is 0 Å². The maximum atomic E-state index is 12.7.